The molecule has 72 valence electrons. The summed E-state index contributed by atoms with van der Waals surface area (Å²) in [5, 5.41) is 0. The molecule has 0 aliphatic carbocycles. The smallest absolute Gasteiger partial charge is 0.198 e. The molecular formula is C6H13ClN2O2S. The van der Waals surface area contributed by atoms with Crippen LogP contribution in [0.5, 0.6) is 0 Å². The van der Waals surface area contributed by atoms with Gasteiger partial charge in [-0.05, 0) is 0 Å². The maximum absolute atomic E-state index is 11.0. The predicted octanol–water partition coefficient (Wildman–Crippen LogP) is 0.177. The molecule has 0 saturated carbocycles. The molecule has 0 fully saturated rings. The van der Waals surface area contributed by atoms with Crippen molar-refractivity contribution in [3.05, 3.63) is 12.2 Å². The fourth-order valence-corrected chi connectivity index (χ4v) is 1.12. The maximum atomic E-state index is 11.0. The van der Waals surface area contributed by atoms with Gasteiger partial charge in [-0.25, -0.2) is 0 Å². The molecule has 0 saturated heterocycles. The zero-order valence-corrected chi connectivity index (χ0v) is 8.69. The van der Waals surface area contributed by atoms with E-state index in [2.05, 4.69) is 4.72 Å². The zero-order valence-electron chi connectivity index (χ0n) is 7.12. The Labute approximate surface area is 78.4 Å². The largest absolute Gasteiger partial charge is 0.279 e. The highest BCUT2D eigenvalue weighted by Gasteiger charge is 2.09. The van der Waals surface area contributed by atoms with E-state index in [0.29, 0.717) is 5.88 Å². The molecule has 12 heavy (non-hydrogen) atoms. The van der Waals surface area contributed by atoms with E-state index in [9.17, 15) is 8.42 Å². The molecule has 1 N–H and O–H groups in total. The van der Waals surface area contributed by atoms with E-state index in [0.717, 1.165) is 4.31 Å². The fraction of sp³-hybridized carbons (Fsp3) is 0.667. The number of halogens is 1. The van der Waals surface area contributed by atoms with E-state index in [1.807, 2.05) is 0 Å². The standard InChI is InChI=1S/C6H13ClN2O2S/c1-9(2)12(10,11)8-6-4-3-5-7/h3-4,8H,5-6H2,1-2H3/b4-3+. The third-order valence-corrected chi connectivity index (χ3v) is 2.79. The second kappa shape index (κ2) is 5.53. The van der Waals surface area contributed by atoms with Crippen molar-refractivity contribution in [2.75, 3.05) is 26.5 Å². The van der Waals surface area contributed by atoms with Crippen LogP contribution in [0.2, 0.25) is 0 Å². The summed E-state index contributed by atoms with van der Waals surface area (Å²) in [6.45, 7) is 0.271. The van der Waals surface area contributed by atoms with Gasteiger partial charge in [-0.3, -0.25) is 0 Å². The summed E-state index contributed by atoms with van der Waals surface area (Å²) in [7, 11) is -0.358. The first-order valence-electron chi connectivity index (χ1n) is 3.39. The lowest BCUT2D eigenvalue weighted by molar-refractivity contribution is 0.509. The van der Waals surface area contributed by atoms with Gasteiger partial charge in [0.05, 0.1) is 0 Å². The number of nitrogens with zero attached hydrogens (tertiary/aromatic N) is 1. The first kappa shape index (κ1) is 11.9. The van der Waals surface area contributed by atoms with E-state index < -0.39 is 10.2 Å². The highest BCUT2D eigenvalue weighted by Crippen LogP contribution is 1.87. The Bertz CT molecular complexity index is 236. The van der Waals surface area contributed by atoms with Gasteiger partial charge < -0.3 is 0 Å². The highest BCUT2D eigenvalue weighted by atomic mass is 35.5. The monoisotopic (exact) mass is 212 g/mol. The lowest BCUT2D eigenvalue weighted by Gasteiger charge is -2.10. The van der Waals surface area contributed by atoms with Gasteiger partial charge in [0.25, 0.3) is 10.2 Å². The molecule has 0 heterocycles. The molecule has 6 heteroatoms. The van der Waals surface area contributed by atoms with E-state index in [4.69, 9.17) is 11.6 Å². The minimum Gasteiger partial charge on any atom is -0.198 e. The quantitative estimate of drug-likeness (QED) is 0.522. The van der Waals surface area contributed by atoms with Gasteiger partial charge in [-0.15, -0.1) is 11.6 Å². The molecule has 0 aromatic carbocycles. The molecular weight excluding hydrogens is 200 g/mol. The summed E-state index contributed by atoms with van der Waals surface area (Å²) in [4.78, 5) is 0. The molecule has 0 radical (unpaired) electrons. The van der Waals surface area contributed by atoms with Gasteiger partial charge in [-0.2, -0.15) is 17.4 Å². The Kier molecular flexibility index (Phi) is 5.48. The predicted molar refractivity (Wildman–Crippen MR) is 50.5 cm³/mol. The average Bonchev–Trinajstić information content (AvgIpc) is 1.98. The van der Waals surface area contributed by atoms with E-state index in [1.165, 1.54) is 14.1 Å². The normalized spacial score (nSPS) is 13.0. The number of hydrogen-bond donors (Lipinski definition) is 1. The van der Waals surface area contributed by atoms with Crippen molar-refractivity contribution in [2.45, 2.75) is 0 Å². The maximum Gasteiger partial charge on any atom is 0.279 e. The Morgan fingerprint density at radius 1 is 1.42 bits per heavy atom. The second-order valence-electron chi connectivity index (χ2n) is 2.26. The zero-order chi connectivity index (χ0) is 9.61. The minimum atomic E-state index is -3.29. The molecule has 4 nitrogen and oxygen atoms in total. The Hall–Kier alpha value is -0.100. The van der Waals surface area contributed by atoms with Crippen LogP contribution in [-0.2, 0) is 10.2 Å². The molecule has 0 bridgehead atoms. The van der Waals surface area contributed by atoms with Crippen molar-refractivity contribution >= 4 is 21.8 Å². The third kappa shape index (κ3) is 4.71. The number of rotatable bonds is 5. The van der Waals surface area contributed by atoms with Crippen molar-refractivity contribution < 1.29 is 8.42 Å². The summed E-state index contributed by atoms with van der Waals surface area (Å²) < 4.78 is 25.5. The van der Waals surface area contributed by atoms with Crippen molar-refractivity contribution in [1.82, 2.24) is 9.03 Å². The molecule has 0 aliphatic heterocycles. The molecule has 0 rings (SSSR count). The lowest BCUT2D eigenvalue weighted by atomic mass is 10.5. The van der Waals surface area contributed by atoms with Crippen LogP contribution < -0.4 is 4.72 Å². The SMILES string of the molecule is CN(C)S(=O)(=O)NC/C=C/CCl. The Balaban J connectivity index is 3.86. The topological polar surface area (TPSA) is 49.4 Å². The van der Waals surface area contributed by atoms with Gasteiger partial charge in [0.15, 0.2) is 0 Å². The van der Waals surface area contributed by atoms with Crippen molar-refractivity contribution in [1.29, 1.82) is 0 Å². The van der Waals surface area contributed by atoms with Crippen LogP contribution in [0.25, 0.3) is 0 Å². The van der Waals surface area contributed by atoms with Crippen molar-refractivity contribution in [3.8, 4) is 0 Å². The van der Waals surface area contributed by atoms with Crippen LogP contribution >= 0.6 is 11.6 Å². The van der Waals surface area contributed by atoms with Crippen LogP contribution in [0.4, 0.5) is 0 Å². The second-order valence-corrected chi connectivity index (χ2v) is 4.54. The third-order valence-electron chi connectivity index (χ3n) is 1.12. The first-order valence-corrected chi connectivity index (χ1v) is 5.36. The molecule has 0 amide bonds. The van der Waals surface area contributed by atoms with Gasteiger partial charge in [-0.1, -0.05) is 12.2 Å². The van der Waals surface area contributed by atoms with E-state index >= 15 is 0 Å². The number of allylic oxidation sites excluding steroid dienone is 1. The van der Waals surface area contributed by atoms with Gasteiger partial charge in [0, 0.05) is 26.5 Å². The number of hydrogen-bond acceptors (Lipinski definition) is 2. The van der Waals surface area contributed by atoms with Crippen LogP contribution in [0.3, 0.4) is 0 Å². The van der Waals surface area contributed by atoms with Gasteiger partial charge in [0.2, 0.25) is 0 Å². The van der Waals surface area contributed by atoms with Crippen LogP contribution in [0, 0.1) is 0 Å². The highest BCUT2D eigenvalue weighted by molar-refractivity contribution is 7.87. The van der Waals surface area contributed by atoms with Crippen LogP contribution in [0.1, 0.15) is 0 Å². The molecule has 0 atom stereocenters. The van der Waals surface area contributed by atoms with Crippen molar-refractivity contribution in [2.24, 2.45) is 0 Å². The summed E-state index contributed by atoms with van der Waals surface area (Å²) >= 11 is 5.34. The molecule has 0 unspecified atom stereocenters. The van der Waals surface area contributed by atoms with Crippen LogP contribution in [0.15, 0.2) is 12.2 Å². The minimum absolute atomic E-state index is 0.271. The Morgan fingerprint density at radius 2 is 2.00 bits per heavy atom. The molecule has 0 aromatic heterocycles. The summed E-state index contributed by atoms with van der Waals surface area (Å²) in [5.41, 5.74) is 0. The number of nitrogens with one attached hydrogen (secondary N) is 1. The molecule has 0 aromatic rings. The summed E-state index contributed by atoms with van der Waals surface area (Å²) in [6, 6.07) is 0. The Morgan fingerprint density at radius 3 is 2.42 bits per heavy atom. The molecule has 0 spiro atoms. The average molecular weight is 213 g/mol. The first-order chi connectivity index (χ1) is 5.50. The fourth-order valence-electron chi connectivity index (χ4n) is 0.429. The lowest BCUT2D eigenvalue weighted by Crippen LogP contribution is -2.35. The van der Waals surface area contributed by atoms with Gasteiger partial charge in [0.1, 0.15) is 0 Å². The molecule has 0 aliphatic rings. The van der Waals surface area contributed by atoms with E-state index in [-0.39, 0.29) is 6.54 Å². The van der Waals surface area contributed by atoms with Crippen LogP contribution in [-0.4, -0.2) is 39.2 Å². The number of alkyl halides is 1. The summed E-state index contributed by atoms with van der Waals surface area (Å²) in [5.74, 6) is 0.393. The van der Waals surface area contributed by atoms with E-state index in [1.54, 1.807) is 12.2 Å². The van der Waals surface area contributed by atoms with Gasteiger partial charge >= 0.3 is 0 Å². The summed E-state index contributed by atoms with van der Waals surface area (Å²) in [6.07, 6.45) is 3.34. The van der Waals surface area contributed by atoms with Crippen molar-refractivity contribution in [3.63, 3.8) is 0 Å².